The Hall–Kier alpha value is -3.09. The summed E-state index contributed by atoms with van der Waals surface area (Å²) in [5.41, 5.74) is 4.94. The van der Waals surface area contributed by atoms with Gasteiger partial charge in [0.2, 0.25) is 0 Å². The number of carbonyl (C=O) groups is 1. The van der Waals surface area contributed by atoms with E-state index in [1.165, 1.54) is 11.3 Å². The highest BCUT2D eigenvalue weighted by atomic mass is 35.5. The molecule has 0 atom stereocenters. The van der Waals surface area contributed by atoms with Crippen molar-refractivity contribution in [3.63, 3.8) is 0 Å². The fraction of sp³-hybridized carbons (Fsp3) is 0.333. The Morgan fingerprint density at radius 1 is 1.06 bits per heavy atom. The van der Waals surface area contributed by atoms with Crippen LogP contribution in [0, 0.1) is 13.8 Å². The van der Waals surface area contributed by atoms with Gasteiger partial charge in [-0.05, 0) is 62.7 Å². The molecular weight excluding hydrogens is 448 g/mol. The predicted octanol–water partition coefficient (Wildman–Crippen LogP) is 5.19. The number of para-hydroxylation sites is 1. The topological polar surface area (TPSA) is 61.6 Å². The standard InChI is InChI=1S/C27H29ClN4O2/c1-18-8-9-20(28)16-24(18)32-14-12-31(13-15-32)11-5-10-29-27(33)25-17-22-19(2)30-23-7-4-3-6-21(23)26(22)34-25/h3-4,6-9,16-17H,5,10-15H2,1-2H3,(H,29,33). The average molecular weight is 477 g/mol. The van der Waals surface area contributed by atoms with Gasteiger partial charge in [-0.15, -0.1) is 0 Å². The Labute approximate surface area is 204 Å². The van der Waals surface area contributed by atoms with Crippen LogP contribution in [0.2, 0.25) is 5.02 Å². The van der Waals surface area contributed by atoms with Crippen LogP contribution in [0.15, 0.2) is 52.9 Å². The van der Waals surface area contributed by atoms with E-state index in [1.807, 2.05) is 37.3 Å². The zero-order valence-electron chi connectivity index (χ0n) is 19.6. The fourth-order valence-corrected chi connectivity index (χ4v) is 4.87. The van der Waals surface area contributed by atoms with E-state index in [4.69, 9.17) is 16.0 Å². The number of amides is 1. The van der Waals surface area contributed by atoms with Crippen molar-refractivity contribution in [2.75, 3.05) is 44.2 Å². The zero-order valence-corrected chi connectivity index (χ0v) is 20.4. The summed E-state index contributed by atoms with van der Waals surface area (Å²) in [5, 5.41) is 5.60. The number of carbonyl (C=O) groups excluding carboxylic acids is 1. The molecule has 0 bridgehead atoms. The number of furan rings is 1. The molecule has 5 rings (SSSR count). The van der Waals surface area contributed by atoms with Crippen molar-refractivity contribution in [3.8, 4) is 0 Å². The van der Waals surface area contributed by atoms with Crippen LogP contribution in [0.4, 0.5) is 5.69 Å². The predicted molar refractivity (Wildman–Crippen MR) is 138 cm³/mol. The number of benzene rings is 2. The Morgan fingerprint density at radius 3 is 2.68 bits per heavy atom. The second-order valence-electron chi connectivity index (χ2n) is 8.94. The highest BCUT2D eigenvalue weighted by Crippen LogP contribution is 2.29. The van der Waals surface area contributed by atoms with Crippen molar-refractivity contribution >= 4 is 45.1 Å². The van der Waals surface area contributed by atoms with Crippen molar-refractivity contribution in [3.05, 3.63) is 70.6 Å². The van der Waals surface area contributed by atoms with Crippen molar-refractivity contribution in [1.82, 2.24) is 15.2 Å². The third-order valence-corrected chi connectivity index (χ3v) is 6.84. The van der Waals surface area contributed by atoms with E-state index >= 15 is 0 Å². The Morgan fingerprint density at radius 2 is 1.85 bits per heavy atom. The minimum absolute atomic E-state index is 0.180. The quantitative estimate of drug-likeness (QED) is 0.388. The number of nitrogens with zero attached hydrogens (tertiary/aromatic N) is 3. The summed E-state index contributed by atoms with van der Waals surface area (Å²) in [7, 11) is 0. The number of piperazine rings is 1. The first-order valence-electron chi connectivity index (χ1n) is 11.8. The first-order chi connectivity index (χ1) is 16.5. The molecule has 2 aromatic carbocycles. The second-order valence-corrected chi connectivity index (χ2v) is 9.37. The molecule has 1 N–H and O–H groups in total. The molecule has 0 aliphatic carbocycles. The number of pyridine rings is 1. The van der Waals surface area contributed by atoms with Crippen LogP contribution in [0.5, 0.6) is 0 Å². The normalized spacial score (nSPS) is 14.7. The monoisotopic (exact) mass is 476 g/mol. The highest BCUT2D eigenvalue weighted by Gasteiger charge is 2.19. The third-order valence-electron chi connectivity index (χ3n) is 6.60. The molecule has 0 saturated carbocycles. The molecule has 7 heteroatoms. The van der Waals surface area contributed by atoms with Crippen molar-refractivity contribution in [2.24, 2.45) is 0 Å². The molecule has 0 unspecified atom stereocenters. The molecule has 4 aromatic rings. The van der Waals surface area contributed by atoms with Gasteiger partial charge in [0.25, 0.3) is 5.91 Å². The van der Waals surface area contributed by atoms with Crippen molar-refractivity contribution in [2.45, 2.75) is 20.3 Å². The smallest absolute Gasteiger partial charge is 0.287 e. The van der Waals surface area contributed by atoms with Crippen LogP contribution in [-0.2, 0) is 0 Å². The molecule has 2 aromatic heterocycles. The number of nitrogens with one attached hydrogen (secondary N) is 1. The number of aromatic nitrogens is 1. The number of hydrogen-bond acceptors (Lipinski definition) is 5. The molecule has 1 amide bonds. The van der Waals surface area contributed by atoms with Crippen LogP contribution in [-0.4, -0.2) is 55.1 Å². The number of halogens is 1. The molecule has 34 heavy (non-hydrogen) atoms. The number of hydrogen-bond donors (Lipinski definition) is 1. The first kappa shape index (κ1) is 22.7. The van der Waals surface area contributed by atoms with Gasteiger partial charge < -0.3 is 14.6 Å². The van der Waals surface area contributed by atoms with E-state index in [-0.39, 0.29) is 5.91 Å². The van der Waals surface area contributed by atoms with E-state index in [2.05, 4.69) is 39.2 Å². The maximum atomic E-state index is 12.7. The van der Waals surface area contributed by atoms with Gasteiger partial charge in [0, 0.05) is 59.9 Å². The molecular formula is C27H29ClN4O2. The SMILES string of the molecule is Cc1ccc(Cl)cc1N1CCN(CCCNC(=O)c2cc3c(C)nc4ccccc4c3o2)CC1. The molecule has 3 heterocycles. The number of anilines is 1. The maximum Gasteiger partial charge on any atom is 0.287 e. The fourth-order valence-electron chi connectivity index (χ4n) is 4.70. The highest BCUT2D eigenvalue weighted by molar-refractivity contribution is 6.30. The van der Waals surface area contributed by atoms with Crippen molar-refractivity contribution < 1.29 is 9.21 Å². The van der Waals surface area contributed by atoms with Crippen LogP contribution < -0.4 is 10.2 Å². The van der Waals surface area contributed by atoms with E-state index in [0.29, 0.717) is 12.3 Å². The average Bonchev–Trinajstić information content (AvgIpc) is 3.31. The Balaban J connectivity index is 1.13. The summed E-state index contributed by atoms with van der Waals surface area (Å²) in [5.74, 6) is 0.155. The largest absolute Gasteiger partial charge is 0.450 e. The van der Waals surface area contributed by atoms with E-state index in [1.54, 1.807) is 6.07 Å². The van der Waals surface area contributed by atoms with E-state index in [9.17, 15) is 4.79 Å². The van der Waals surface area contributed by atoms with Gasteiger partial charge in [-0.1, -0.05) is 29.8 Å². The van der Waals surface area contributed by atoms with Crippen LogP contribution in [0.1, 0.15) is 28.2 Å². The summed E-state index contributed by atoms with van der Waals surface area (Å²) in [4.78, 5) is 22.2. The molecule has 176 valence electrons. The van der Waals surface area contributed by atoms with Gasteiger partial charge in [0.05, 0.1) is 5.52 Å². The van der Waals surface area contributed by atoms with Gasteiger partial charge >= 0.3 is 0 Å². The van der Waals surface area contributed by atoms with Gasteiger partial charge in [-0.2, -0.15) is 0 Å². The van der Waals surface area contributed by atoms with Crippen LogP contribution in [0.3, 0.4) is 0 Å². The molecule has 6 nitrogen and oxygen atoms in total. The minimum Gasteiger partial charge on any atom is -0.450 e. The molecule has 0 radical (unpaired) electrons. The third kappa shape index (κ3) is 4.61. The number of rotatable bonds is 6. The Kier molecular flexibility index (Phi) is 6.44. The van der Waals surface area contributed by atoms with Gasteiger partial charge in [0.1, 0.15) is 5.58 Å². The maximum absolute atomic E-state index is 12.7. The van der Waals surface area contributed by atoms with Gasteiger partial charge in [-0.3, -0.25) is 14.7 Å². The Bertz CT molecular complexity index is 1340. The lowest BCUT2D eigenvalue weighted by Crippen LogP contribution is -2.47. The lowest BCUT2D eigenvalue weighted by Gasteiger charge is -2.36. The second kappa shape index (κ2) is 9.65. The first-order valence-corrected chi connectivity index (χ1v) is 12.2. The van der Waals surface area contributed by atoms with Crippen LogP contribution >= 0.6 is 11.6 Å². The molecule has 1 aliphatic heterocycles. The number of aryl methyl sites for hydroxylation is 2. The minimum atomic E-state index is -0.180. The molecule has 1 aliphatic rings. The summed E-state index contributed by atoms with van der Waals surface area (Å²) in [6, 6.07) is 15.7. The summed E-state index contributed by atoms with van der Waals surface area (Å²) >= 11 is 6.19. The molecule has 1 fully saturated rings. The van der Waals surface area contributed by atoms with Crippen molar-refractivity contribution in [1.29, 1.82) is 0 Å². The number of fused-ring (bicyclic) bond motifs is 3. The summed E-state index contributed by atoms with van der Waals surface area (Å²) < 4.78 is 5.97. The van der Waals surface area contributed by atoms with E-state index < -0.39 is 0 Å². The zero-order chi connectivity index (χ0) is 23.7. The van der Waals surface area contributed by atoms with Crippen LogP contribution in [0.25, 0.3) is 21.9 Å². The van der Waals surface area contributed by atoms with Gasteiger partial charge in [0.15, 0.2) is 5.76 Å². The summed E-state index contributed by atoms with van der Waals surface area (Å²) in [6.07, 6.45) is 0.895. The lowest BCUT2D eigenvalue weighted by atomic mass is 10.1. The molecule has 1 saturated heterocycles. The lowest BCUT2D eigenvalue weighted by molar-refractivity contribution is 0.0926. The van der Waals surface area contributed by atoms with Gasteiger partial charge in [-0.25, -0.2) is 0 Å². The summed E-state index contributed by atoms with van der Waals surface area (Å²) in [6.45, 7) is 9.60. The van der Waals surface area contributed by atoms with E-state index in [0.717, 1.165) is 71.7 Å². The molecule has 0 spiro atoms.